The second kappa shape index (κ2) is 9.75. The summed E-state index contributed by atoms with van der Waals surface area (Å²) < 4.78 is 6.76. The van der Waals surface area contributed by atoms with Crippen molar-refractivity contribution in [1.29, 1.82) is 0 Å². The van der Waals surface area contributed by atoms with Crippen LogP contribution in [0.2, 0.25) is 0 Å². The van der Waals surface area contributed by atoms with Gasteiger partial charge in [-0.25, -0.2) is 4.79 Å². The minimum Gasteiger partial charge on any atom is -0.374 e. The monoisotopic (exact) mass is 486 g/mol. The number of amides is 3. The zero-order valence-corrected chi connectivity index (χ0v) is 19.6. The standard InChI is InChI=1S/C24H27BrN2O4/c1-16(2)24(15-31-14-19-6-4-17(3)5-7-19)22(29)27(23(30)26-24)13-21(28)12-18-8-10-20(25)11-9-18/h4-11,16H,12-15H2,1-3H3,(H,26,30). The number of hydrogen-bond donors (Lipinski definition) is 1. The molecule has 1 atom stereocenters. The number of rotatable bonds is 9. The highest BCUT2D eigenvalue weighted by Crippen LogP contribution is 2.27. The number of nitrogens with zero attached hydrogens (tertiary/aromatic N) is 1. The lowest BCUT2D eigenvalue weighted by Gasteiger charge is -2.30. The Labute approximate surface area is 191 Å². The van der Waals surface area contributed by atoms with Gasteiger partial charge in [0.1, 0.15) is 5.54 Å². The van der Waals surface area contributed by atoms with Crippen molar-refractivity contribution in [2.24, 2.45) is 5.92 Å². The molecule has 0 saturated carbocycles. The van der Waals surface area contributed by atoms with E-state index < -0.39 is 17.5 Å². The van der Waals surface area contributed by atoms with E-state index in [-0.39, 0.29) is 31.3 Å². The summed E-state index contributed by atoms with van der Waals surface area (Å²) in [5, 5.41) is 2.79. The molecule has 2 aromatic carbocycles. The minimum atomic E-state index is -1.18. The summed E-state index contributed by atoms with van der Waals surface area (Å²) in [4.78, 5) is 39.3. The molecule has 0 spiro atoms. The highest BCUT2D eigenvalue weighted by atomic mass is 79.9. The Morgan fingerprint density at radius 1 is 1.06 bits per heavy atom. The Morgan fingerprint density at radius 2 is 1.68 bits per heavy atom. The minimum absolute atomic E-state index is 0.0422. The summed E-state index contributed by atoms with van der Waals surface area (Å²) in [5.41, 5.74) is 1.79. The Bertz CT molecular complexity index is 957. The van der Waals surface area contributed by atoms with Gasteiger partial charge in [-0.05, 0) is 36.1 Å². The predicted molar refractivity (Wildman–Crippen MR) is 122 cm³/mol. The quantitative estimate of drug-likeness (QED) is 0.542. The van der Waals surface area contributed by atoms with Crippen LogP contribution in [0.3, 0.4) is 0 Å². The number of ether oxygens (including phenoxy) is 1. The molecule has 1 saturated heterocycles. The van der Waals surface area contributed by atoms with E-state index in [9.17, 15) is 14.4 Å². The van der Waals surface area contributed by atoms with Crippen molar-refractivity contribution in [3.05, 3.63) is 69.7 Å². The van der Waals surface area contributed by atoms with E-state index in [0.717, 1.165) is 26.1 Å². The van der Waals surface area contributed by atoms with Crippen LogP contribution in [0.5, 0.6) is 0 Å². The molecule has 6 nitrogen and oxygen atoms in total. The van der Waals surface area contributed by atoms with Crippen molar-refractivity contribution >= 4 is 33.7 Å². The number of urea groups is 1. The molecule has 0 radical (unpaired) electrons. The van der Waals surface area contributed by atoms with Crippen LogP contribution in [0.1, 0.15) is 30.5 Å². The SMILES string of the molecule is Cc1ccc(COCC2(C(C)C)NC(=O)N(CC(=O)Cc3ccc(Br)cc3)C2=O)cc1. The number of ketones is 1. The lowest BCUT2D eigenvalue weighted by Crippen LogP contribution is -2.55. The van der Waals surface area contributed by atoms with Crippen LogP contribution in [-0.4, -0.2) is 41.3 Å². The molecule has 1 N–H and O–H groups in total. The Balaban J connectivity index is 1.64. The van der Waals surface area contributed by atoms with E-state index in [1.807, 2.05) is 69.3 Å². The second-order valence-corrected chi connectivity index (χ2v) is 9.18. The fourth-order valence-corrected chi connectivity index (χ4v) is 3.78. The van der Waals surface area contributed by atoms with E-state index >= 15 is 0 Å². The molecule has 31 heavy (non-hydrogen) atoms. The number of benzene rings is 2. The molecule has 7 heteroatoms. The van der Waals surface area contributed by atoms with Gasteiger partial charge >= 0.3 is 6.03 Å². The molecule has 3 rings (SSSR count). The van der Waals surface area contributed by atoms with Crippen molar-refractivity contribution in [3.8, 4) is 0 Å². The van der Waals surface area contributed by atoms with Crippen LogP contribution in [0.4, 0.5) is 4.79 Å². The van der Waals surface area contributed by atoms with Gasteiger partial charge in [-0.15, -0.1) is 0 Å². The first-order valence-electron chi connectivity index (χ1n) is 10.2. The first-order chi connectivity index (χ1) is 14.7. The van der Waals surface area contributed by atoms with Crippen LogP contribution in [0, 0.1) is 12.8 Å². The summed E-state index contributed by atoms with van der Waals surface area (Å²) in [6.07, 6.45) is 0.156. The second-order valence-electron chi connectivity index (χ2n) is 8.27. The van der Waals surface area contributed by atoms with Crippen LogP contribution < -0.4 is 5.32 Å². The molecule has 164 valence electrons. The average Bonchev–Trinajstić information content (AvgIpc) is 2.96. The molecule has 2 aromatic rings. The van der Waals surface area contributed by atoms with Crippen LogP contribution in [-0.2, 0) is 27.4 Å². The van der Waals surface area contributed by atoms with Crippen molar-refractivity contribution in [1.82, 2.24) is 10.2 Å². The molecule has 0 bridgehead atoms. The van der Waals surface area contributed by atoms with Gasteiger partial charge in [0.15, 0.2) is 5.78 Å². The summed E-state index contributed by atoms with van der Waals surface area (Å²) in [7, 11) is 0. The van der Waals surface area contributed by atoms with Gasteiger partial charge in [-0.1, -0.05) is 71.7 Å². The van der Waals surface area contributed by atoms with E-state index in [1.54, 1.807) is 0 Å². The fourth-order valence-electron chi connectivity index (χ4n) is 3.52. The third-order valence-corrected chi connectivity index (χ3v) is 6.08. The molecule has 1 fully saturated rings. The van der Waals surface area contributed by atoms with Gasteiger partial charge in [-0.3, -0.25) is 14.5 Å². The Kier molecular flexibility index (Phi) is 7.28. The molecule has 1 unspecified atom stereocenters. The fraction of sp³-hybridized carbons (Fsp3) is 0.375. The molecule has 3 amide bonds. The van der Waals surface area contributed by atoms with E-state index in [2.05, 4.69) is 21.2 Å². The predicted octanol–water partition coefficient (Wildman–Crippen LogP) is 4.03. The Morgan fingerprint density at radius 3 is 2.29 bits per heavy atom. The zero-order chi connectivity index (χ0) is 22.6. The van der Waals surface area contributed by atoms with Crippen molar-refractivity contribution < 1.29 is 19.1 Å². The molecular weight excluding hydrogens is 460 g/mol. The Hall–Kier alpha value is -2.51. The summed E-state index contributed by atoms with van der Waals surface area (Å²) in [6, 6.07) is 14.8. The van der Waals surface area contributed by atoms with E-state index in [4.69, 9.17) is 4.74 Å². The maximum absolute atomic E-state index is 13.2. The molecule has 1 heterocycles. The van der Waals surface area contributed by atoms with Crippen molar-refractivity contribution in [2.45, 2.75) is 39.3 Å². The van der Waals surface area contributed by atoms with Gasteiger partial charge in [-0.2, -0.15) is 0 Å². The van der Waals surface area contributed by atoms with Gasteiger partial charge in [0.2, 0.25) is 0 Å². The summed E-state index contributed by atoms with van der Waals surface area (Å²) >= 11 is 3.36. The number of nitrogens with one attached hydrogen (secondary N) is 1. The first kappa shape index (κ1) is 23.2. The maximum atomic E-state index is 13.2. The highest BCUT2D eigenvalue weighted by molar-refractivity contribution is 9.10. The van der Waals surface area contributed by atoms with Gasteiger partial charge in [0.05, 0.1) is 19.8 Å². The highest BCUT2D eigenvalue weighted by Gasteiger charge is 2.53. The van der Waals surface area contributed by atoms with Gasteiger partial charge < -0.3 is 10.1 Å². The number of imide groups is 1. The molecule has 1 aliphatic heterocycles. The third kappa shape index (κ3) is 5.40. The number of hydrogen-bond acceptors (Lipinski definition) is 4. The van der Waals surface area contributed by atoms with E-state index in [1.165, 1.54) is 0 Å². The maximum Gasteiger partial charge on any atom is 0.325 e. The lowest BCUT2D eigenvalue weighted by atomic mass is 9.87. The van der Waals surface area contributed by atoms with Crippen LogP contribution >= 0.6 is 15.9 Å². The van der Waals surface area contributed by atoms with Crippen LogP contribution in [0.25, 0.3) is 0 Å². The third-order valence-electron chi connectivity index (χ3n) is 5.56. The number of halogens is 1. The number of carbonyl (C=O) groups is 3. The van der Waals surface area contributed by atoms with Crippen molar-refractivity contribution in [2.75, 3.05) is 13.2 Å². The first-order valence-corrected chi connectivity index (χ1v) is 11.0. The average molecular weight is 487 g/mol. The smallest absolute Gasteiger partial charge is 0.325 e. The summed E-state index contributed by atoms with van der Waals surface area (Å²) in [5.74, 6) is -0.819. The molecule has 0 aliphatic carbocycles. The number of carbonyl (C=O) groups excluding carboxylic acids is 3. The normalized spacial score (nSPS) is 18.5. The molecule has 0 aromatic heterocycles. The zero-order valence-electron chi connectivity index (χ0n) is 18.0. The van der Waals surface area contributed by atoms with E-state index in [0.29, 0.717) is 6.61 Å². The van der Waals surface area contributed by atoms with Gasteiger partial charge in [0.25, 0.3) is 5.91 Å². The van der Waals surface area contributed by atoms with Crippen molar-refractivity contribution in [3.63, 3.8) is 0 Å². The van der Waals surface area contributed by atoms with Gasteiger partial charge in [0, 0.05) is 10.9 Å². The number of aryl methyl sites for hydroxylation is 1. The number of Topliss-reactive ketones (excluding diaryl/α,β-unsaturated/α-hetero) is 1. The summed E-state index contributed by atoms with van der Waals surface area (Å²) in [6.45, 7) is 5.85. The lowest BCUT2D eigenvalue weighted by molar-refractivity contribution is -0.138. The topological polar surface area (TPSA) is 75.7 Å². The molecular formula is C24H27BrN2O4. The largest absolute Gasteiger partial charge is 0.374 e. The van der Waals surface area contributed by atoms with Crippen LogP contribution in [0.15, 0.2) is 53.0 Å². The molecule has 1 aliphatic rings.